The number of hydrogen-bond donors (Lipinski definition) is 1. The third-order valence-electron chi connectivity index (χ3n) is 4.21. The van der Waals surface area contributed by atoms with Gasteiger partial charge < -0.3 is 5.32 Å². The Labute approximate surface area is 160 Å². The first kappa shape index (κ1) is 18.3. The zero-order valence-corrected chi connectivity index (χ0v) is 15.9. The SMILES string of the molecule is CC(CCNC(=O)c1nn(-c2ccc(F)cc2)cc1Br)c1ccccc1. The number of benzene rings is 2. The van der Waals surface area contributed by atoms with Crippen LogP contribution in [0.4, 0.5) is 4.39 Å². The van der Waals surface area contributed by atoms with Gasteiger partial charge in [0.15, 0.2) is 5.69 Å². The number of nitrogens with zero attached hydrogens (tertiary/aromatic N) is 2. The van der Waals surface area contributed by atoms with Crippen LogP contribution in [0, 0.1) is 5.82 Å². The minimum Gasteiger partial charge on any atom is -0.351 e. The Hall–Kier alpha value is -2.47. The van der Waals surface area contributed by atoms with E-state index in [9.17, 15) is 9.18 Å². The molecule has 2 aromatic carbocycles. The molecule has 0 spiro atoms. The van der Waals surface area contributed by atoms with Crippen LogP contribution in [0.15, 0.2) is 65.3 Å². The summed E-state index contributed by atoms with van der Waals surface area (Å²) in [6.07, 6.45) is 2.53. The molecule has 134 valence electrons. The first-order chi connectivity index (χ1) is 12.5. The van der Waals surface area contributed by atoms with Crippen molar-refractivity contribution in [1.29, 1.82) is 0 Å². The number of halogens is 2. The van der Waals surface area contributed by atoms with E-state index in [1.807, 2.05) is 18.2 Å². The van der Waals surface area contributed by atoms with E-state index in [1.54, 1.807) is 23.0 Å². The van der Waals surface area contributed by atoms with Crippen molar-refractivity contribution in [2.75, 3.05) is 6.54 Å². The molecule has 3 rings (SSSR count). The number of aromatic nitrogens is 2. The van der Waals surface area contributed by atoms with Crippen molar-refractivity contribution in [1.82, 2.24) is 15.1 Å². The Bertz CT molecular complexity index is 878. The average Bonchev–Trinajstić information content (AvgIpc) is 3.04. The van der Waals surface area contributed by atoms with Crippen molar-refractivity contribution in [3.8, 4) is 5.69 Å². The molecule has 0 bridgehead atoms. The topological polar surface area (TPSA) is 46.9 Å². The monoisotopic (exact) mass is 415 g/mol. The van der Waals surface area contributed by atoms with E-state index >= 15 is 0 Å². The molecule has 1 N–H and O–H groups in total. The van der Waals surface area contributed by atoms with E-state index in [0.29, 0.717) is 28.3 Å². The molecule has 1 heterocycles. The molecule has 0 aliphatic heterocycles. The summed E-state index contributed by atoms with van der Waals surface area (Å²) in [4.78, 5) is 12.4. The Morgan fingerprint density at radius 3 is 2.58 bits per heavy atom. The second kappa shape index (κ2) is 8.27. The highest BCUT2D eigenvalue weighted by Gasteiger charge is 2.16. The fourth-order valence-corrected chi connectivity index (χ4v) is 3.12. The molecule has 26 heavy (non-hydrogen) atoms. The number of amides is 1. The Balaban J connectivity index is 1.60. The Morgan fingerprint density at radius 2 is 1.88 bits per heavy atom. The largest absolute Gasteiger partial charge is 0.351 e. The molecule has 0 aliphatic carbocycles. The normalized spacial score (nSPS) is 12.0. The summed E-state index contributed by atoms with van der Waals surface area (Å²) in [5.74, 6) is -0.194. The Morgan fingerprint density at radius 1 is 1.19 bits per heavy atom. The molecule has 6 heteroatoms. The maximum atomic E-state index is 13.0. The van der Waals surface area contributed by atoms with Crippen LogP contribution < -0.4 is 5.32 Å². The van der Waals surface area contributed by atoms with Gasteiger partial charge in [0.1, 0.15) is 5.82 Å². The predicted molar refractivity (Wildman–Crippen MR) is 103 cm³/mol. The minimum absolute atomic E-state index is 0.238. The van der Waals surface area contributed by atoms with E-state index in [4.69, 9.17) is 0 Å². The molecule has 4 nitrogen and oxygen atoms in total. The summed E-state index contributed by atoms with van der Waals surface area (Å²) in [5.41, 5.74) is 2.24. The fraction of sp³-hybridized carbons (Fsp3) is 0.200. The molecule has 0 saturated carbocycles. The van der Waals surface area contributed by atoms with Crippen LogP contribution in [0.5, 0.6) is 0 Å². The zero-order chi connectivity index (χ0) is 18.5. The van der Waals surface area contributed by atoms with Crippen molar-refractivity contribution >= 4 is 21.8 Å². The molecular formula is C20H19BrFN3O. The van der Waals surface area contributed by atoms with Crippen molar-refractivity contribution in [2.24, 2.45) is 0 Å². The predicted octanol–water partition coefficient (Wildman–Crippen LogP) is 4.70. The van der Waals surface area contributed by atoms with Crippen molar-refractivity contribution in [2.45, 2.75) is 19.3 Å². The van der Waals surface area contributed by atoms with Crippen LogP contribution in [-0.2, 0) is 0 Å². The van der Waals surface area contributed by atoms with E-state index in [2.05, 4.69) is 45.4 Å². The molecule has 0 saturated heterocycles. The fourth-order valence-electron chi connectivity index (χ4n) is 2.67. The molecule has 0 radical (unpaired) electrons. The summed E-state index contributed by atoms with van der Waals surface area (Å²) in [6.45, 7) is 2.70. The number of carbonyl (C=O) groups is 1. The molecule has 0 aliphatic rings. The van der Waals surface area contributed by atoms with E-state index in [0.717, 1.165) is 6.42 Å². The van der Waals surface area contributed by atoms with Gasteiger partial charge in [-0.3, -0.25) is 4.79 Å². The third-order valence-corrected chi connectivity index (χ3v) is 4.79. The Kier molecular flexibility index (Phi) is 5.83. The van der Waals surface area contributed by atoms with Crippen molar-refractivity contribution < 1.29 is 9.18 Å². The smallest absolute Gasteiger partial charge is 0.272 e. The second-order valence-electron chi connectivity index (χ2n) is 6.10. The minimum atomic E-state index is -0.314. The average molecular weight is 416 g/mol. The van der Waals surface area contributed by atoms with Gasteiger partial charge in [-0.2, -0.15) is 5.10 Å². The van der Waals surface area contributed by atoms with Gasteiger partial charge in [0.05, 0.1) is 10.2 Å². The van der Waals surface area contributed by atoms with Crippen LogP contribution in [0.3, 0.4) is 0 Å². The van der Waals surface area contributed by atoms with Gasteiger partial charge in [0, 0.05) is 12.7 Å². The highest BCUT2D eigenvalue weighted by molar-refractivity contribution is 9.10. The van der Waals surface area contributed by atoms with Gasteiger partial charge >= 0.3 is 0 Å². The summed E-state index contributed by atoms with van der Waals surface area (Å²) in [7, 11) is 0. The molecule has 1 unspecified atom stereocenters. The second-order valence-corrected chi connectivity index (χ2v) is 6.96. The summed E-state index contributed by atoms with van der Waals surface area (Å²) in [6, 6.07) is 16.1. The molecule has 1 aromatic heterocycles. The maximum absolute atomic E-state index is 13.0. The number of carbonyl (C=O) groups excluding carboxylic acids is 1. The quantitative estimate of drug-likeness (QED) is 0.634. The van der Waals surface area contributed by atoms with Crippen LogP contribution in [0.1, 0.15) is 35.3 Å². The lowest BCUT2D eigenvalue weighted by atomic mass is 9.98. The van der Waals surface area contributed by atoms with Gasteiger partial charge in [-0.15, -0.1) is 0 Å². The lowest BCUT2D eigenvalue weighted by Gasteiger charge is -2.12. The lowest BCUT2D eigenvalue weighted by molar-refractivity contribution is 0.0946. The summed E-state index contributed by atoms with van der Waals surface area (Å²) < 4.78 is 15.2. The van der Waals surface area contributed by atoms with E-state index in [-0.39, 0.29) is 11.7 Å². The summed E-state index contributed by atoms with van der Waals surface area (Å²) in [5, 5.41) is 7.21. The van der Waals surface area contributed by atoms with Gasteiger partial charge in [0.2, 0.25) is 0 Å². The van der Waals surface area contributed by atoms with Crippen molar-refractivity contribution in [3.05, 3.63) is 82.3 Å². The van der Waals surface area contributed by atoms with E-state index < -0.39 is 0 Å². The molecular weight excluding hydrogens is 397 g/mol. The van der Waals surface area contributed by atoms with Crippen LogP contribution in [0.2, 0.25) is 0 Å². The van der Waals surface area contributed by atoms with Crippen LogP contribution in [0.25, 0.3) is 5.69 Å². The molecule has 3 aromatic rings. The molecule has 1 atom stereocenters. The highest BCUT2D eigenvalue weighted by atomic mass is 79.9. The van der Waals surface area contributed by atoms with Crippen molar-refractivity contribution in [3.63, 3.8) is 0 Å². The zero-order valence-electron chi connectivity index (χ0n) is 14.3. The van der Waals surface area contributed by atoms with Gasteiger partial charge in [-0.25, -0.2) is 9.07 Å². The third kappa shape index (κ3) is 4.38. The molecule has 1 amide bonds. The lowest BCUT2D eigenvalue weighted by Crippen LogP contribution is -2.26. The number of rotatable bonds is 6. The van der Waals surface area contributed by atoms with E-state index in [1.165, 1.54) is 17.7 Å². The molecule has 0 fully saturated rings. The van der Waals surface area contributed by atoms with Gasteiger partial charge in [-0.1, -0.05) is 37.3 Å². The van der Waals surface area contributed by atoms with Gasteiger partial charge in [-0.05, 0) is 58.1 Å². The first-order valence-corrected chi connectivity index (χ1v) is 9.18. The summed E-state index contributed by atoms with van der Waals surface area (Å²) >= 11 is 3.37. The standard InChI is InChI=1S/C20H19BrFN3O/c1-14(15-5-3-2-4-6-15)11-12-23-20(26)19-18(21)13-25(24-19)17-9-7-16(22)8-10-17/h2-10,13-14H,11-12H2,1H3,(H,23,26). The maximum Gasteiger partial charge on any atom is 0.272 e. The highest BCUT2D eigenvalue weighted by Crippen LogP contribution is 2.20. The first-order valence-electron chi connectivity index (χ1n) is 8.39. The van der Waals surface area contributed by atoms with Crippen LogP contribution in [-0.4, -0.2) is 22.2 Å². The number of hydrogen-bond acceptors (Lipinski definition) is 2. The van der Waals surface area contributed by atoms with Gasteiger partial charge in [0.25, 0.3) is 5.91 Å². The van der Waals surface area contributed by atoms with Crippen LogP contribution >= 0.6 is 15.9 Å². The number of nitrogens with one attached hydrogen (secondary N) is 1.